The zero-order chi connectivity index (χ0) is 11.5. The first-order chi connectivity index (χ1) is 7.70. The van der Waals surface area contributed by atoms with Gasteiger partial charge in [-0.3, -0.25) is 4.90 Å². The minimum absolute atomic E-state index is 0.794. The van der Waals surface area contributed by atoms with E-state index in [2.05, 4.69) is 30.9 Å². The summed E-state index contributed by atoms with van der Waals surface area (Å²) in [5.74, 6) is 0.794. The molecule has 0 amide bonds. The molecular weight excluding hydrogens is 196 g/mol. The van der Waals surface area contributed by atoms with Gasteiger partial charge in [-0.25, -0.2) is 0 Å². The fourth-order valence-electron chi connectivity index (χ4n) is 2.42. The first-order valence-corrected chi connectivity index (χ1v) is 6.29. The summed E-state index contributed by atoms with van der Waals surface area (Å²) in [4.78, 5) is 2.55. The zero-order valence-electron chi connectivity index (χ0n) is 10.4. The van der Waals surface area contributed by atoms with Crippen LogP contribution in [0.4, 0.5) is 5.69 Å². The molecule has 0 saturated heterocycles. The molecule has 1 heterocycles. The minimum atomic E-state index is 0.794. The Morgan fingerprint density at radius 2 is 2.25 bits per heavy atom. The van der Waals surface area contributed by atoms with Crippen molar-refractivity contribution in [2.45, 2.75) is 33.2 Å². The van der Waals surface area contributed by atoms with Gasteiger partial charge < -0.3 is 5.73 Å². The van der Waals surface area contributed by atoms with E-state index in [1.54, 1.807) is 0 Å². The van der Waals surface area contributed by atoms with Crippen molar-refractivity contribution < 1.29 is 0 Å². The number of rotatable bonds is 3. The molecule has 0 aliphatic carbocycles. The number of hydrogen-bond acceptors (Lipinski definition) is 2. The topological polar surface area (TPSA) is 29.3 Å². The van der Waals surface area contributed by atoms with E-state index < -0.39 is 0 Å². The molecule has 2 rings (SSSR count). The Bertz CT molecular complexity index is 360. The first kappa shape index (κ1) is 11.5. The van der Waals surface area contributed by atoms with Gasteiger partial charge in [-0.05, 0) is 29.5 Å². The fourth-order valence-corrected chi connectivity index (χ4v) is 2.42. The molecule has 2 N–H and O–H groups in total. The summed E-state index contributed by atoms with van der Waals surface area (Å²) in [5.41, 5.74) is 9.77. The lowest BCUT2D eigenvalue weighted by Gasteiger charge is -2.31. The highest BCUT2D eigenvalue weighted by Crippen LogP contribution is 2.24. The van der Waals surface area contributed by atoms with Gasteiger partial charge in [0.05, 0.1) is 0 Å². The molecule has 1 aliphatic rings. The van der Waals surface area contributed by atoms with Gasteiger partial charge in [0.2, 0.25) is 0 Å². The molecular formula is C14H22N2. The van der Waals surface area contributed by atoms with Crippen molar-refractivity contribution in [3.05, 3.63) is 29.3 Å². The molecule has 2 heteroatoms. The molecule has 16 heavy (non-hydrogen) atoms. The molecule has 1 aliphatic heterocycles. The van der Waals surface area contributed by atoms with Crippen LogP contribution in [0.15, 0.2) is 18.2 Å². The summed E-state index contributed by atoms with van der Waals surface area (Å²) in [5, 5.41) is 0. The van der Waals surface area contributed by atoms with Gasteiger partial charge >= 0.3 is 0 Å². The number of nitrogens with zero attached hydrogens (tertiary/aromatic N) is 1. The third kappa shape index (κ3) is 2.38. The Morgan fingerprint density at radius 3 is 3.00 bits per heavy atom. The molecule has 0 saturated carbocycles. The summed E-state index contributed by atoms with van der Waals surface area (Å²) >= 11 is 0. The van der Waals surface area contributed by atoms with Crippen LogP contribution in [-0.2, 0) is 13.0 Å². The Morgan fingerprint density at radius 1 is 1.44 bits per heavy atom. The molecule has 0 radical (unpaired) electrons. The average molecular weight is 218 g/mol. The van der Waals surface area contributed by atoms with Crippen LogP contribution in [0.5, 0.6) is 0 Å². The number of anilines is 1. The molecule has 88 valence electrons. The van der Waals surface area contributed by atoms with Crippen LogP contribution in [-0.4, -0.2) is 18.0 Å². The highest BCUT2D eigenvalue weighted by molar-refractivity contribution is 5.51. The summed E-state index contributed by atoms with van der Waals surface area (Å²) in [6, 6.07) is 6.30. The van der Waals surface area contributed by atoms with Crippen molar-refractivity contribution in [2.24, 2.45) is 5.92 Å². The number of benzene rings is 1. The smallest absolute Gasteiger partial charge is 0.0350 e. The van der Waals surface area contributed by atoms with Gasteiger partial charge in [0.1, 0.15) is 0 Å². The second kappa shape index (κ2) is 4.88. The van der Waals surface area contributed by atoms with Crippen molar-refractivity contribution in [3.8, 4) is 0 Å². The Labute approximate surface area is 98.4 Å². The standard InChI is InChI=1S/C14H22N2/c1-3-11(2)9-16-8-7-13-12(10-16)5-4-6-14(13)15/h4-6,11H,3,7-10,15H2,1-2H3. The molecule has 1 aromatic carbocycles. The van der Waals surface area contributed by atoms with Gasteiger partial charge in [0, 0.05) is 25.3 Å². The quantitative estimate of drug-likeness (QED) is 0.790. The summed E-state index contributed by atoms with van der Waals surface area (Å²) in [7, 11) is 0. The van der Waals surface area contributed by atoms with Crippen LogP contribution in [0.1, 0.15) is 31.4 Å². The van der Waals surface area contributed by atoms with Crippen LogP contribution in [0, 0.1) is 5.92 Å². The van der Waals surface area contributed by atoms with Gasteiger partial charge in [0.25, 0.3) is 0 Å². The van der Waals surface area contributed by atoms with Crippen LogP contribution in [0.2, 0.25) is 0 Å². The zero-order valence-corrected chi connectivity index (χ0v) is 10.4. The van der Waals surface area contributed by atoms with E-state index in [4.69, 9.17) is 5.73 Å². The molecule has 2 nitrogen and oxygen atoms in total. The largest absolute Gasteiger partial charge is 0.398 e. The van der Waals surface area contributed by atoms with E-state index in [0.717, 1.165) is 31.1 Å². The lowest BCUT2D eigenvalue weighted by Crippen LogP contribution is -2.34. The van der Waals surface area contributed by atoms with E-state index in [-0.39, 0.29) is 0 Å². The maximum absolute atomic E-state index is 6.00. The van der Waals surface area contributed by atoms with Crippen molar-refractivity contribution in [2.75, 3.05) is 18.8 Å². The third-order valence-electron chi connectivity index (χ3n) is 3.65. The van der Waals surface area contributed by atoms with Gasteiger partial charge in [-0.2, -0.15) is 0 Å². The normalized spacial score (nSPS) is 18.1. The maximum atomic E-state index is 6.00. The molecule has 0 bridgehead atoms. The molecule has 1 unspecified atom stereocenters. The second-order valence-corrected chi connectivity index (χ2v) is 4.98. The molecule has 1 aromatic rings. The van der Waals surface area contributed by atoms with Crippen molar-refractivity contribution in [1.29, 1.82) is 0 Å². The van der Waals surface area contributed by atoms with Crippen LogP contribution in [0.3, 0.4) is 0 Å². The van der Waals surface area contributed by atoms with Crippen LogP contribution < -0.4 is 5.73 Å². The fraction of sp³-hybridized carbons (Fsp3) is 0.571. The maximum Gasteiger partial charge on any atom is 0.0350 e. The lowest BCUT2D eigenvalue weighted by molar-refractivity contribution is 0.218. The number of nitrogen functional groups attached to an aromatic ring is 1. The summed E-state index contributed by atoms with van der Waals surface area (Å²) < 4.78 is 0. The summed E-state index contributed by atoms with van der Waals surface area (Å²) in [6.07, 6.45) is 2.37. The monoisotopic (exact) mass is 218 g/mol. The van der Waals surface area contributed by atoms with Crippen molar-refractivity contribution in [1.82, 2.24) is 4.90 Å². The highest BCUT2D eigenvalue weighted by atomic mass is 15.1. The van der Waals surface area contributed by atoms with Gasteiger partial charge in [-0.1, -0.05) is 32.4 Å². The molecule has 0 spiro atoms. The predicted molar refractivity (Wildman–Crippen MR) is 69.3 cm³/mol. The first-order valence-electron chi connectivity index (χ1n) is 6.29. The molecule has 1 atom stereocenters. The highest BCUT2D eigenvalue weighted by Gasteiger charge is 2.18. The van der Waals surface area contributed by atoms with E-state index in [9.17, 15) is 0 Å². The van der Waals surface area contributed by atoms with Crippen molar-refractivity contribution in [3.63, 3.8) is 0 Å². The number of hydrogen-bond donors (Lipinski definition) is 1. The molecule has 0 fully saturated rings. The van der Waals surface area contributed by atoms with Gasteiger partial charge in [0.15, 0.2) is 0 Å². The number of nitrogens with two attached hydrogens (primary N) is 1. The number of fused-ring (bicyclic) bond motifs is 1. The van der Waals surface area contributed by atoms with Gasteiger partial charge in [-0.15, -0.1) is 0 Å². The second-order valence-electron chi connectivity index (χ2n) is 4.98. The van der Waals surface area contributed by atoms with E-state index in [0.29, 0.717) is 0 Å². The van der Waals surface area contributed by atoms with E-state index in [1.165, 1.54) is 24.1 Å². The Hall–Kier alpha value is -1.02. The van der Waals surface area contributed by atoms with Crippen LogP contribution >= 0.6 is 0 Å². The van der Waals surface area contributed by atoms with Crippen LogP contribution in [0.25, 0.3) is 0 Å². The Balaban J connectivity index is 2.06. The molecule has 0 aromatic heterocycles. The lowest BCUT2D eigenvalue weighted by atomic mass is 9.97. The minimum Gasteiger partial charge on any atom is -0.398 e. The average Bonchev–Trinajstić information content (AvgIpc) is 2.29. The summed E-state index contributed by atoms with van der Waals surface area (Å²) in [6.45, 7) is 8.04. The third-order valence-corrected chi connectivity index (χ3v) is 3.65. The SMILES string of the molecule is CCC(C)CN1CCc2c(N)cccc2C1. The van der Waals surface area contributed by atoms with E-state index >= 15 is 0 Å². The van der Waals surface area contributed by atoms with E-state index in [1.807, 2.05) is 6.07 Å². The Kier molecular flexibility index (Phi) is 3.49. The predicted octanol–water partition coefficient (Wildman–Crippen LogP) is 2.67. The van der Waals surface area contributed by atoms with Crippen molar-refractivity contribution >= 4 is 5.69 Å².